The summed E-state index contributed by atoms with van der Waals surface area (Å²) in [4.78, 5) is 17.8. The highest BCUT2D eigenvalue weighted by molar-refractivity contribution is 5.77. The standard InChI is InChI=1S/C13H22N4O2/c1-8-5-6-9(10(14)18)7-17(8)12-15-11(19-16-12)13(2,3)4/h8-9H,5-7H2,1-4H3,(H2,14,18)/t8-,9-/m1/s1. The maximum absolute atomic E-state index is 11.3. The Bertz CT molecular complexity index is 463. The van der Waals surface area contributed by atoms with Crippen LogP contribution in [0.15, 0.2) is 4.52 Å². The first kappa shape index (κ1) is 13.8. The highest BCUT2D eigenvalue weighted by Crippen LogP contribution is 2.28. The van der Waals surface area contributed by atoms with Gasteiger partial charge in [0.1, 0.15) is 0 Å². The molecule has 2 atom stereocenters. The van der Waals surface area contributed by atoms with Crippen LogP contribution in [0, 0.1) is 5.92 Å². The van der Waals surface area contributed by atoms with Gasteiger partial charge in [-0.1, -0.05) is 20.8 Å². The first-order chi connectivity index (χ1) is 8.79. The van der Waals surface area contributed by atoms with Gasteiger partial charge < -0.3 is 15.2 Å². The molecule has 1 aliphatic heterocycles. The zero-order valence-electron chi connectivity index (χ0n) is 12.0. The third-order valence-electron chi connectivity index (χ3n) is 3.60. The van der Waals surface area contributed by atoms with E-state index in [1.807, 2.05) is 25.7 Å². The van der Waals surface area contributed by atoms with Gasteiger partial charge in [0, 0.05) is 18.0 Å². The lowest BCUT2D eigenvalue weighted by atomic mass is 9.93. The number of carbonyl (C=O) groups is 1. The van der Waals surface area contributed by atoms with Gasteiger partial charge in [0.2, 0.25) is 11.8 Å². The van der Waals surface area contributed by atoms with Crippen molar-refractivity contribution in [3.8, 4) is 0 Å². The normalized spacial score (nSPS) is 24.5. The van der Waals surface area contributed by atoms with E-state index >= 15 is 0 Å². The average molecular weight is 266 g/mol. The van der Waals surface area contributed by atoms with Crippen molar-refractivity contribution in [2.75, 3.05) is 11.4 Å². The number of amides is 1. The van der Waals surface area contributed by atoms with Crippen LogP contribution in [0.1, 0.15) is 46.4 Å². The Morgan fingerprint density at radius 3 is 2.63 bits per heavy atom. The van der Waals surface area contributed by atoms with E-state index < -0.39 is 0 Å². The largest absolute Gasteiger partial charge is 0.369 e. The molecular formula is C13H22N4O2. The molecule has 0 aliphatic carbocycles. The molecule has 0 saturated carbocycles. The third kappa shape index (κ3) is 2.88. The van der Waals surface area contributed by atoms with Crippen molar-refractivity contribution in [2.45, 2.75) is 52.0 Å². The zero-order valence-corrected chi connectivity index (χ0v) is 12.0. The van der Waals surface area contributed by atoms with Crippen LogP contribution in [0.2, 0.25) is 0 Å². The number of primary amides is 1. The van der Waals surface area contributed by atoms with Crippen molar-refractivity contribution >= 4 is 11.9 Å². The summed E-state index contributed by atoms with van der Waals surface area (Å²) in [6, 6.07) is 0.293. The number of carbonyl (C=O) groups excluding carboxylic acids is 1. The third-order valence-corrected chi connectivity index (χ3v) is 3.60. The van der Waals surface area contributed by atoms with Crippen LogP contribution in [0.3, 0.4) is 0 Å². The second kappa shape index (κ2) is 4.83. The summed E-state index contributed by atoms with van der Waals surface area (Å²) in [5, 5.41) is 4.04. The van der Waals surface area contributed by atoms with Crippen molar-refractivity contribution < 1.29 is 9.32 Å². The molecule has 2 N–H and O–H groups in total. The Labute approximate surface area is 113 Å². The molecular weight excluding hydrogens is 244 g/mol. The molecule has 0 spiro atoms. The van der Waals surface area contributed by atoms with Crippen LogP contribution in [0.5, 0.6) is 0 Å². The van der Waals surface area contributed by atoms with Crippen molar-refractivity contribution in [3.63, 3.8) is 0 Å². The molecule has 19 heavy (non-hydrogen) atoms. The number of rotatable bonds is 2. The Morgan fingerprint density at radius 1 is 1.42 bits per heavy atom. The lowest BCUT2D eigenvalue weighted by Gasteiger charge is -2.35. The van der Waals surface area contributed by atoms with Gasteiger partial charge in [-0.2, -0.15) is 4.98 Å². The molecule has 6 nitrogen and oxygen atoms in total. The van der Waals surface area contributed by atoms with Crippen LogP contribution in [0.4, 0.5) is 5.95 Å². The fourth-order valence-corrected chi connectivity index (χ4v) is 2.25. The molecule has 1 fully saturated rings. The smallest absolute Gasteiger partial charge is 0.266 e. The second-order valence-electron chi connectivity index (χ2n) is 6.33. The minimum absolute atomic E-state index is 0.132. The Balaban J connectivity index is 2.19. The second-order valence-corrected chi connectivity index (χ2v) is 6.33. The Kier molecular flexibility index (Phi) is 3.52. The molecule has 6 heteroatoms. The molecule has 1 saturated heterocycles. The van der Waals surface area contributed by atoms with Crippen molar-refractivity contribution in [2.24, 2.45) is 11.7 Å². The molecule has 1 amide bonds. The van der Waals surface area contributed by atoms with Gasteiger partial charge >= 0.3 is 0 Å². The van der Waals surface area contributed by atoms with Crippen LogP contribution in [0.25, 0.3) is 0 Å². The molecule has 2 rings (SSSR count). The summed E-state index contributed by atoms with van der Waals surface area (Å²) in [5.74, 6) is 0.781. The summed E-state index contributed by atoms with van der Waals surface area (Å²) in [7, 11) is 0. The van der Waals surface area contributed by atoms with Crippen LogP contribution in [-0.2, 0) is 10.2 Å². The molecule has 0 unspecified atom stereocenters. The molecule has 106 valence electrons. The average Bonchev–Trinajstić information content (AvgIpc) is 2.78. The number of anilines is 1. The maximum atomic E-state index is 11.3. The van der Waals surface area contributed by atoms with E-state index in [1.165, 1.54) is 0 Å². The summed E-state index contributed by atoms with van der Waals surface area (Å²) in [6.07, 6.45) is 1.74. The molecule has 1 aromatic rings. The van der Waals surface area contributed by atoms with Crippen LogP contribution < -0.4 is 10.6 Å². The van der Waals surface area contributed by atoms with E-state index in [9.17, 15) is 4.79 Å². The van der Waals surface area contributed by atoms with E-state index in [1.54, 1.807) is 0 Å². The number of hydrogen-bond donors (Lipinski definition) is 1. The van der Waals surface area contributed by atoms with Gasteiger partial charge in [-0.3, -0.25) is 4.79 Å². The summed E-state index contributed by atoms with van der Waals surface area (Å²) in [5.41, 5.74) is 5.22. The molecule has 2 heterocycles. The molecule has 1 aromatic heterocycles. The van der Waals surface area contributed by atoms with E-state index in [4.69, 9.17) is 10.3 Å². The monoisotopic (exact) mass is 266 g/mol. The van der Waals surface area contributed by atoms with Crippen molar-refractivity contribution in [3.05, 3.63) is 5.89 Å². The van der Waals surface area contributed by atoms with Gasteiger partial charge in [-0.25, -0.2) is 0 Å². The highest BCUT2D eigenvalue weighted by atomic mass is 16.5. The number of hydrogen-bond acceptors (Lipinski definition) is 5. The van der Waals surface area contributed by atoms with Crippen LogP contribution >= 0.6 is 0 Å². The number of nitrogens with zero attached hydrogens (tertiary/aromatic N) is 3. The minimum Gasteiger partial charge on any atom is -0.369 e. The molecule has 0 bridgehead atoms. The van der Waals surface area contributed by atoms with Gasteiger partial charge in [0.15, 0.2) is 0 Å². The predicted molar refractivity (Wildman–Crippen MR) is 71.7 cm³/mol. The summed E-state index contributed by atoms with van der Waals surface area (Å²) < 4.78 is 5.31. The Hall–Kier alpha value is -1.59. The SMILES string of the molecule is C[C@@H]1CC[C@@H](C(N)=O)CN1c1noc(C(C)(C)C)n1. The lowest BCUT2D eigenvalue weighted by Crippen LogP contribution is -2.46. The fourth-order valence-electron chi connectivity index (χ4n) is 2.25. The molecule has 0 radical (unpaired) electrons. The van der Waals surface area contributed by atoms with Crippen molar-refractivity contribution in [1.82, 2.24) is 10.1 Å². The van der Waals surface area contributed by atoms with E-state index in [0.717, 1.165) is 12.8 Å². The zero-order chi connectivity index (χ0) is 14.2. The highest BCUT2D eigenvalue weighted by Gasteiger charge is 2.32. The number of nitrogens with two attached hydrogens (primary N) is 1. The first-order valence-corrected chi connectivity index (χ1v) is 6.69. The minimum atomic E-state index is -0.253. The lowest BCUT2D eigenvalue weighted by molar-refractivity contribution is -0.122. The van der Waals surface area contributed by atoms with Crippen molar-refractivity contribution in [1.29, 1.82) is 0 Å². The molecule has 1 aliphatic rings. The fraction of sp³-hybridized carbons (Fsp3) is 0.769. The first-order valence-electron chi connectivity index (χ1n) is 6.69. The van der Waals surface area contributed by atoms with Gasteiger partial charge in [0.05, 0.1) is 5.92 Å². The van der Waals surface area contributed by atoms with Crippen LogP contribution in [-0.4, -0.2) is 28.6 Å². The number of aromatic nitrogens is 2. The maximum Gasteiger partial charge on any atom is 0.266 e. The summed E-state index contributed by atoms with van der Waals surface area (Å²) in [6.45, 7) is 8.74. The predicted octanol–water partition coefficient (Wildman–Crippen LogP) is 1.46. The topological polar surface area (TPSA) is 85.3 Å². The van der Waals surface area contributed by atoms with E-state index in [0.29, 0.717) is 24.4 Å². The quantitative estimate of drug-likeness (QED) is 0.875. The van der Waals surface area contributed by atoms with Gasteiger partial charge in [-0.05, 0) is 24.9 Å². The Morgan fingerprint density at radius 2 is 2.11 bits per heavy atom. The van der Waals surface area contributed by atoms with Gasteiger partial charge in [-0.15, -0.1) is 0 Å². The van der Waals surface area contributed by atoms with Gasteiger partial charge in [0.25, 0.3) is 5.95 Å². The van der Waals surface area contributed by atoms with E-state index in [-0.39, 0.29) is 17.2 Å². The van der Waals surface area contributed by atoms with E-state index in [2.05, 4.69) is 17.1 Å². The molecule has 0 aromatic carbocycles. The summed E-state index contributed by atoms with van der Waals surface area (Å²) >= 11 is 0. The number of piperidine rings is 1.